The molecule has 0 unspecified atom stereocenters. The molecule has 1 saturated carbocycles. The number of para-hydroxylation sites is 1. The second-order valence-electron chi connectivity index (χ2n) is 9.23. The molecule has 0 aromatic heterocycles. The minimum Gasteiger partial charge on any atom is -0.507 e. The number of likely N-dealkylation sites (tertiary alicyclic amines) is 2. The van der Waals surface area contributed by atoms with Crippen molar-refractivity contribution in [2.75, 3.05) is 12.5 Å². The van der Waals surface area contributed by atoms with Gasteiger partial charge in [-0.05, 0) is 31.2 Å². The van der Waals surface area contributed by atoms with Gasteiger partial charge in [-0.1, -0.05) is 45.8 Å². The zero-order valence-corrected chi connectivity index (χ0v) is 20.9. The molecule has 33 heavy (non-hydrogen) atoms. The van der Waals surface area contributed by atoms with E-state index < -0.39 is 45.2 Å². The fourth-order valence-electron chi connectivity index (χ4n) is 6.17. The van der Waals surface area contributed by atoms with E-state index in [0.29, 0.717) is 23.1 Å². The number of benzene rings is 1. The standard InChI is InChI=1S/C23H21BrCl2N2O5/c1-10-4-3-5-13(17(10)29)16-11-6-7-12-15(19(31)27(2)18(12)30)14(11)8-22(25)20(32)28(9-24)21(33)23(16,22)26/h3-6,12,14-16,29H,7-9H2,1-2H3/t12-,14+,15-,16+,22+,23-/m0/s1. The van der Waals surface area contributed by atoms with E-state index in [9.17, 15) is 24.3 Å². The summed E-state index contributed by atoms with van der Waals surface area (Å²) in [6, 6.07) is 5.11. The van der Waals surface area contributed by atoms with Gasteiger partial charge in [-0.15, -0.1) is 23.2 Å². The number of amides is 4. The highest BCUT2D eigenvalue weighted by atomic mass is 79.9. The topological polar surface area (TPSA) is 95.0 Å². The van der Waals surface area contributed by atoms with Gasteiger partial charge >= 0.3 is 0 Å². The van der Waals surface area contributed by atoms with Crippen molar-refractivity contribution in [1.82, 2.24) is 9.80 Å². The summed E-state index contributed by atoms with van der Waals surface area (Å²) in [6.45, 7) is 1.72. The Morgan fingerprint density at radius 1 is 1.12 bits per heavy atom. The lowest BCUT2D eigenvalue weighted by Gasteiger charge is -2.50. The van der Waals surface area contributed by atoms with Gasteiger partial charge < -0.3 is 5.11 Å². The molecule has 2 heterocycles. The zero-order valence-electron chi connectivity index (χ0n) is 17.8. The van der Waals surface area contributed by atoms with Crippen LogP contribution in [0.25, 0.3) is 0 Å². The smallest absolute Gasteiger partial charge is 0.254 e. The molecule has 1 aromatic rings. The van der Waals surface area contributed by atoms with Gasteiger partial charge in [0.05, 0.1) is 17.3 Å². The highest BCUT2D eigenvalue weighted by Gasteiger charge is 2.76. The molecular formula is C23H21BrCl2N2O5. The Morgan fingerprint density at radius 2 is 1.82 bits per heavy atom. The van der Waals surface area contributed by atoms with Crippen LogP contribution in [0.4, 0.5) is 0 Å². The Labute approximate surface area is 208 Å². The summed E-state index contributed by atoms with van der Waals surface area (Å²) in [5.74, 6) is -4.73. The maximum atomic E-state index is 13.6. The molecule has 0 spiro atoms. The van der Waals surface area contributed by atoms with Crippen LogP contribution in [0, 0.1) is 24.7 Å². The average Bonchev–Trinajstić information content (AvgIpc) is 3.09. The van der Waals surface area contributed by atoms with Crippen molar-refractivity contribution in [3.63, 3.8) is 0 Å². The normalized spacial score (nSPS) is 37.8. The number of aromatic hydroxyl groups is 1. The van der Waals surface area contributed by atoms with Crippen LogP contribution in [0.2, 0.25) is 0 Å². The third kappa shape index (κ3) is 2.63. The van der Waals surface area contributed by atoms with E-state index in [1.807, 2.05) is 6.08 Å². The van der Waals surface area contributed by atoms with Gasteiger partial charge in [0.25, 0.3) is 11.8 Å². The number of fused-ring (bicyclic) bond motifs is 4. The number of imide groups is 2. The van der Waals surface area contributed by atoms with Crippen molar-refractivity contribution < 1.29 is 24.3 Å². The Kier molecular flexibility index (Phi) is 5.06. The molecule has 174 valence electrons. The molecule has 2 aliphatic carbocycles. The monoisotopic (exact) mass is 554 g/mol. The molecular weight excluding hydrogens is 535 g/mol. The number of halogens is 3. The summed E-state index contributed by atoms with van der Waals surface area (Å²) in [6.07, 6.45) is 2.09. The summed E-state index contributed by atoms with van der Waals surface area (Å²) >= 11 is 17.3. The fourth-order valence-corrected chi connectivity index (χ4v) is 7.59. The number of phenolic OH excluding ortho intramolecular Hbond substituents is 1. The van der Waals surface area contributed by atoms with Crippen molar-refractivity contribution >= 4 is 62.8 Å². The van der Waals surface area contributed by atoms with E-state index in [1.54, 1.807) is 25.1 Å². The van der Waals surface area contributed by atoms with Gasteiger partial charge in [0.1, 0.15) is 5.75 Å². The molecule has 10 heteroatoms. The van der Waals surface area contributed by atoms with Crippen LogP contribution < -0.4 is 0 Å². The van der Waals surface area contributed by atoms with Gasteiger partial charge in [0.15, 0.2) is 9.75 Å². The maximum absolute atomic E-state index is 13.6. The van der Waals surface area contributed by atoms with Crippen molar-refractivity contribution in [3.8, 4) is 5.75 Å². The molecule has 5 rings (SSSR count). The maximum Gasteiger partial charge on any atom is 0.254 e. The molecule has 1 N–H and O–H groups in total. The minimum atomic E-state index is -1.91. The second kappa shape index (κ2) is 7.30. The predicted octanol–water partition coefficient (Wildman–Crippen LogP) is 3.04. The van der Waals surface area contributed by atoms with Crippen LogP contribution in [0.1, 0.15) is 29.9 Å². The van der Waals surface area contributed by atoms with E-state index >= 15 is 0 Å². The Hall–Kier alpha value is -1.90. The summed E-state index contributed by atoms with van der Waals surface area (Å²) in [5.41, 5.74) is 1.52. The van der Waals surface area contributed by atoms with Crippen LogP contribution in [0.5, 0.6) is 5.75 Å². The second-order valence-corrected chi connectivity index (χ2v) is 11.0. The summed E-state index contributed by atoms with van der Waals surface area (Å²) in [4.78, 5) is 51.1. The lowest BCUT2D eigenvalue weighted by atomic mass is 9.56. The van der Waals surface area contributed by atoms with Gasteiger partial charge in [-0.3, -0.25) is 29.0 Å². The molecule has 0 bridgehead atoms. The van der Waals surface area contributed by atoms with Crippen molar-refractivity contribution in [2.45, 2.75) is 35.4 Å². The number of allylic oxidation sites excluding steroid dienone is 2. The third-order valence-electron chi connectivity index (χ3n) is 7.82. The van der Waals surface area contributed by atoms with Crippen molar-refractivity contribution in [3.05, 3.63) is 41.0 Å². The first-order valence-corrected chi connectivity index (χ1v) is 12.5. The van der Waals surface area contributed by atoms with Gasteiger partial charge in [-0.25, -0.2) is 0 Å². The number of alkyl halides is 3. The number of aryl methyl sites for hydroxylation is 1. The first-order chi connectivity index (χ1) is 15.5. The zero-order chi connectivity index (χ0) is 24.0. The highest BCUT2D eigenvalue weighted by Crippen LogP contribution is 2.66. The number of carbonyl (C=O) groups is 4. The quantitative estimate of drug-likeness (QED) is 0.262. The van der Waals surface area contributed by atoms with Crippen LogP contribution >= 0.6 is 39.1 Å². The van der Waals surface area contributed by atoms with E-state index in [4.69, 9.17) is 23.2 Å². The molecule has 1 aromatic carbocycles. The largest absolute Gasteiger partial charge is 0.507 e. The Bertz CT molecular complexity index is 1170. The number of rotatable bonds is 2. The highest BCUT2D eigenvalue weighted by molar-refractivity contribution is 9.09. The third-order valence-corrected chi connectivity index (χ3v) is 9.73. The predicted molar refractivity (Wildman–Crippen MR) is 124 cm³/mol. The lowest BCUT2D eigenvalue weighted by Crippen LogP contribution is -2.60. The number of carbonyl (C=O) groups excluding carboxylic acids is 4. The molecule has 7 nitrogen and oxygen atoms in total. The number of hydrogen-bond donors (Lipinski definition) is 1. The number of nitrogens with zero attached hydrogens (tertiary/aromatic N) is 2. The van der Waals surface area contributed by atoms with E-state index in [1.165, 1.54) is 7.05 Å². The molecule has 3 fully saturated rings. The number of phenols is 1. The minimum absolute atomic E-state index is 0.0475. The molecule has 2 aliphatic heterocycles. The first kappa shape index (κ1) is 22.9. The average molecular weight is 556 g/mol. The van der Waals surface area contributed by atoms with Crippen molar-refractivity contribution in [2.24, 2.45) is 17.8 Å². The van der Waals surface area contributed by atoms with Crippen LogP contribution in [0.3, 0.4) is 0 Å². The fraction of sp³-hybridized carbons (Fsp3) is 0.478. The lowest BCUT2D eigenvalue weighted by molar-refractivity contribution is -0.140. The van der Waals surface area contributed by atoms with E-state index in [0.717, 1.165) is 9.80 Å². The molecule has 2 saturated heterocycles. The van der Waals surface area contributed by atoms with Gasteiger partial charge in [-0.2, -0.15) is 0 Å². The van der Waals surface area contributed by atoms with E-state index in [2.05, 4.69) is 15.9 Å². The Morgan fingerprint density at radius 3 is 2.48 bits per heavy atom. The summed E-state index contributed by atoms with van der Waals surface area (Å²) in [5, 5.41) is 11.0. The van der Waals surface area contributed by atoms with Crippen LogP contribution in [-0.2, 0) is 19.2 Å². The molecule has 0 radical (unpaired) electrons. The van der Waals surface area contributed by atoms with Crippen LogP contribution in [-0.4, -0.2) is 60.8 Å². The SMILES string of the molecule is Cc1cccc([C@H]2C3=CC[C@@H]4C(=O)N(C)C(=O)[C@@H]4[C@@H]3C[C@@]3(Cl)C(=O)N(CBr)C(=O)[C@@]23Cl)c1O. The Balaban J connectivity index is 1.78. The van der Waals surface area contributed by atoms with Crippen molar-refractivity contribution in [1.29, 1.82) is 0 Å². The van der Waals surface area contributed by atoms with Crippen LogP contribution in [0.15, 0.2) is 29.8 Å². The summed E-state index contributed by atoms with van der Waals surface area (Å²) in [7, 11) is 1.45. The van der Waals surface area contributed by atoms with E-state index in [-0.39, 0.29) is 29.4 Å². The summed E-state index contributed by atoms with van der Waals surface area (Å²) < 4.78 is 0. The first-order valence-electron chi connectivity index (χ1n) is 10.6. The molecule has 4 amide bonds. The number of hydrogen-bond acceptors (Lipinski definition) is 5. The van der Waals surface area contributed by atoms with Gasteiger partial charge in [0, 0.05) is 18.5 Å². The molecule has 6 atom stereocenters. The molecule has 4 aliphatic rings. The van der Waals surface area contributed by atoms with Gasteiger partial charge in [0.2, 0.25) is 11.8 Å².